The third kappa shape index (κ3) is 3.17. The number of benzene rings is 1. The lowest BCUT2D eigenvalue weighted by Crippen LogP contribution is -2.04. The summed E-state index contributed by atoms with van der Waals surface area (Å²) in [6.07, 6.45) is 4.48. The van der Waals surface area contributed by atoms with E-state index < -0.39 is 0 Å². The molecule has 1 aromatic carbocycles. The van der Waals surface area contributed by atoms with Crippen molar-refractivity contribution in [3.05, 3.63) is 29.0 Å². The number of aliphatic hydroxyl groups is 1. The van der Waals surface area contributed by atoms with Crippen LogP contribution in [0.1, 0.15) is 19.3 Å². The van der Waals surface area contributed by atoms with E-state index in [-0.39, 0.29) is 6.61 Å². The standard InChI is InChI=1S/C13H16BrN3O/c14-11-6-4-5-10-12(11)16-9-17-13(10)15-7-2-1-3-8-18/h4-6,9,18H,1-3,7-8H2,(H,15,16,17). The molecule has 0 saturated carbocycles. The van der Waals surface area contributed by atoms with Gasteiger partial charge < -0.3 is 10.4 Å². The maximum Gasteiger partial charge on any atom is 0.137 e. The average Bonchev–Trinajstić information content (AvgIpc) is 2.39. The predicted octanol–water partition coefficient (Wildman–Crippen LogP) is 2.97. The molecule has 0 amide bonds. The summed E-state index contributed by atoms with van der Waals surface area (Å²) >= 11 is 3.49. The number of nitrogens with one attached hydrogen (secondary N) is 1. The van der Waals surface area contributed by atoms with Crippen molar-refractivity contribution >= 4 is 32.7 Å². The van der Waals surface area contributed by atoms with Crippen molar-refractivity contribution in [1.82, 2.24) is 9.97 Å². The van der Waals surface area contributed by atoms with Crippen molar-refractivity contribution in [3.8, 4) is 0 Å². The van der Waals surface area contributed by atoms with Crippen molar-refractivity contribution in [3.63, 3.8) is 0 Å². The van der Waals surface area contributed by atoms with Gasteiger partial charge in [-0.05, 0) is 47.3 Å². The van der Waals surface area contributed by atoms with Crippen LogP contribution in [0.3, 0.4) is 0 Å². The van der Waals surface area contributed by atoms with E-state index in [4.69, 9.17) is 5.11 Å². The molecule has 0 radical (unpaired) electrons. The maximum atomic E-state index is 8.71. The van der Waals surface area contributed by atoms with Crippen LogP contribution < -0.4 is 5.32 Å². The monoisotopic (exact) mass is 309 g/mol. The SMILES string of the molecule is OCCCCCNc1ncnc2c(Br)cccc12. The number of hydrogen-bond acceptors (Lipinski definition) is 4. The highest BCUT2D eigenvalue weighted by Crippen LogP contribution is 2.25. The molecule has 0 unspecified atom stereocenters. The minimum Gasteiger partial charge on any atom is -0.396 e. The Hall–Kier alpha value is -1.20. The Bertz CT molecular complexity index is 519. The fraction of sp³-hybridized carbons (Fsp3) is 0.385. The van der Waals surface area contributed by atoms with Gasteiger partial charge in [-0.3, -0.25) is 0 Å². The number of hydrogen-bond donors (Lipinski definition) is 2. The largest absolute Gasteiger partial charge is 0.396 e. The summed E-state index contributed by atoms with van der Waals surface area (Å²) in [5.41, 5.74) is 0.922. The third-order valence-electron chi connectivity index (χ3n) is 2.74. The molecule has 4 nitrogen and oxygen atoms in total. The van der Waals surface area contributed by atoms with Crippen molar-refractivity contribution in [2.75, 3.05) is 18.5 Å². The van der Waals surface area contributed by atoms with Crippen molar-refractivity contribution in [2.45, 2.75) is 19.3 Å². The molecule has 0 aliphatic heterocycles. The Morgan fingerprint density at radius 3 is 2.89 bits per heavy atom. The molecule has 2 N–H and O–H groups in total. The van der Waals surface area contributed by atoms with Crippen LogP contribution in [0.5, 0.6) is 0 Å². The molecule has 5 heteroatoms. The highest BCUT2D eigenvalue weighted by molar-refractivity contribution is 9.10. The summed E-state index contributed by atoms with van der Waals surface area (Å²) < 4.78 is 0.978. The van der Waals surface area contributed by atoms with Gasteiger partial charge in [0.05, 0.1) is 5.52 Å². The number of halogens is 1. The number of fused-ring (bicyclic) bond motifs is 1. The molecular formula is C13H16BrN3O. The van der Waals surface area contributed by atoms with Crippen LogP contribution in [0, 0.1) is 0 Å². The van der Waals surface area contributed by atoms with Gasteiger partial charge in [-0.15, -0.1) is 0 Å². The maximum absolute atomic E-state index is 8.71. The summed E-state index contributed by atoms with van der Waals surface area (Å²) in [6, 6.07) is 5.96. The number of rotatable bonds is 6. The minimum atomic E-state index is 0.267. The van der Waals surface area contributed by atoms with Crippen molar-refractivity contribution in [1.29, 1.82) is 0 Å². The average molecular weight is 310 g/mol. The van der Waals surface area contributed by atoms with Gasteiger partial charge in [-0.1, -0.05) is 6.07 Å². The fourth-order valence-electron chi connectivity index (χ4n) is 1.81. The smallest absolute Gasteiger partial charge is 0.137 e. The molecule has 2 rings (SSSR count). The molecule has 0 bridgehead atoms. The van der Waals surface area contributed by atoms with Gasteiger partial charge in [-0.2, -0.15) is 0 Å². The van der Waals surface area contributed by atoms with Crippen LogP contribution >= 0.6 is 15.9 Å². The number of unbranched alkanes of at least 4 members (excludes halogenated alkanes) is 2. The van der Waals surface area contributed by atoms with Crippen LogP contribution in [-0.4, -0.2) is 28.2 Å². The van der Waals surface area contributed by atoms with E-state index in [0.29, 0.717) is 0 Å². The van der Waals surface area contributed by atoms with E-state index in [9.17, 15) is 0 Å². The molecule has 0 aliphatic rings. The van der Waals surface area contributed by atoms with Gasteiger partial charge in [0.1, 0.15) is 12.1 Å². The normalized spacial score (nSPS) is 10.8. The number of anilines is 1. The lowest BCUT2D eigenvalue weighted by molar-refractivity contribution is 0.283. The van der Waals surface area contributed by atoms with Crippen LogP contribution in [-0.2, 0) is 0 Å². The molecule has 96 valence electrons. The molecule has 0 spiro atoms. The second kappa shape index (κ2) is 6.66. The highest BCUT2D eigenvalue weighted by atomic mass is 79.9. The highest BCUT2D eigenvalue weighted by Gasteiger charge is 2.05. The first-order valence-corrected chi connectivity index (χ1v) is 6.86. The van der Waals surface area contributed by atoms with Gasteiger partial charge in [-0.25, -0.2) is 9.97 Å². The lowest BCUT2D eigenvalue weighted by atomic mass is 10.2. The molecule has 1 heterocycles. The number of nitrogens with zero attached hydrogens (tertiary/aromatic N) is 2. The quantitative estimate of drug-likeness (QED) is 0.805. The van der Waals surface area contributed by atoms with Gasteiger partial charge in [0.25, 0.3) is 0 Å². The number of aliphatic hydroxyl groups excluding tert-OH is 1. The molecule has 0 fully saturated rings. The molecule has 2 aromatic rings. The zero-order valence-electron chi connectivity index (χ0n) is 10.1. The number of para-hydroxylation sites is 1. The van der Waals surface area contributed by atoms with E-state index in [0.717, 1.165) is 47.0 Å². The second-order valence-corrected chi connectivity index (χ2v) is 4.92. The third-order valence-corrected chi connectivity index (χ3v) is 3.38. The summed E-state index contributed by atoms with van der Waals surface area (Å²) in [5.74, 6) is 0.866. The van der Waals surface area contributed by atoms with Crippen LogP contribution in [0.2, 0.25) is 0 Å². The van der Waals surface area contributed by atoms with E-state index in [1.165, 1.54) is 0 Å². The summed E-state index contributed by atoms with van der Waals surface area (Å²) in [5, 5.41) is 13.1. The molecule has 0 saturated heterocycles. The van der Waals surface area contributed by atoms with Gasteiger partial charge in [0.15, 0.2) is 0 Å². The molecule has 18 heavy (non-hydrogen) atoms. The summed E-state index contributed by atoms with van der Waals surface area (Å²) in [4.78, 5) is 8.54. The Labute approximate surface area is 115 Å². The zero-order chi connectivity index (χ0) is 12.8. The minimum absolute atomic E-state index is 0.267. The van der Waals surface area contributed by atoms with Gasteiger partial charge in [0, 0.05) is 23.0 Å². The lowest BCUT2D eigenvalue weighted by Gasteiger charge is -2.08. The van der Waals surface area contributed by atoms with Crippen molar-refractivity contribution in [2.24, 2.45) is 0 Å². The fourth-order valence-corrected chi connectivity index (χ4v) is 2.28. The second-order valence-electron chi connectivity index (χ2n) is 4.07. The first kappa shape index (κ1) is 13.2. The van der Waals surface area contributed by atoms with Gasteiger partial charge >= 0.3 is 0 Å². The van der Waals surface area contributed by atoms with Crippen molar-refractivity contribution < 1.29 is 5.11 Å². The van der Waals surface area contributed by atoms with E-state index in [1.807, 2.05) is 18.2 Å². The first-order chi connectivity index (χ1) is 8.83. The molecule has 0 aliphatic carbocycles. The number of aromatic nitrogens is 2. The Kier molecular flexibility index (Phi) is 4.90. The van der Waals surface area contributed by atoms with Gasteiger partial charge in [0.2, 0.25) is 0 Å². The molecule has 1 aromatic heterocycles. The first-order valence-electron chi connectivity index (χ1n) is 6.07. The summed E-state index contributed by atoms with van der Waals surface area (Å²) in [6.45, 7) is 1.13. The van der Waals surface area contributed by atoms with E-state index >= 15 is 0 Å². The van der Waals surface area contributed by atoms with E-state index in [1.54, 1.807) is 6.33 Å². The Morgan fingerprint density at radius 1 is 1.17 bits per heavy atom. The topological polar surface area (TPSA) is 58.0 Å². The van der Waals surface area contributed by atoms with E-state index in [2.05, 4.69) is 31.2 Å². The molecule has 0 atom stereocenters. The van der Waals surface area contributed by atoms with Crippen LogP contribution in [0.25, 0.3) is 10.9 Å². The predicted molar refractivity (Wildman–Crippen MR) is 76.7 cm³/mol. The van der Waals surface area contributed by atoms with Crippen LogP contribution in [0.4, 0.5) is 5.82 Å². The summed E-state index contributed by atoms with van der Waals surface area (Å²) in [7, 11) is 0. The Morgan fingerprint density at radius 2 is 2.06 bits per heavy atom. The Balaban J connectivity index is 2.07. The van der Waals surface area contributed by atoms with Crippen LogP contribution in [0.15, 0.2) is 29.0 Å². The molecular weight excluding hydrogens is 294 g/mol. The zero-order valence-corrected chi connectivity index (χ0v) is 11.7.